The van der Waals surface area contributed by atoms with Crippen LogP contribution >= 0.6 is 11.5 Å². The molecular formula is C7H6N2O2S. The van der Waals surface area contributed by atoms with Crippen molar-refractivity contribution >= 4 is 17.6 Å². The molecule has 0 saturated heterocycles. The minimum Gasteiger partial charge on any atom is -0.326 e. The summed E-state index contributed by atoms with van der Waals surface area (Å²) in [6.07, 6.45) is 4.92. The number of terminal acetylenes is 1. The maximum Gasteiger partial charge on any atom is 0.338 e. The summed E-state index contributed by atoms with van der Waals surface area (Å²) in [5, 5.41) is 3.91. The quantitative estimate of drug-likeness (QED) is 0.626. The molecule has 1 aromatic rings. The van der Waals surface area contributed by atoms with E-state index in [0.717, 1.165) is 15.5 Å². The molecular weight excluding hydrogens is 176 g/mol. The first-order valence-corrected chi connectivity index (χ1v) is 3.98. The van der Waals surface area contributed by atoms with Gasteiger partial charge in [0, 0.05) is 11.4 Å². The Bertz CT molecular complexity index is 371. The molecule has 12 heavy (non-hydrogen) atoms. The molecule has 0 fully saturated rings. The Morgan fingerprint density at radius 2 is 2.58 bits per heavy atom. The van der Waals surface area contributed by atoms with Gasteiger partial charge in [0.05, 0.1) is 6.54 Å². The van der Waals surface area contributed by atoms with Crippen molar-refractivity contribution in [2.45, 2.75) is 0 Å². The summed E-state index contributed by atoms with van der Waals surface area (Å²) in [5.41, 5.74) is -0.338. The predicted molar refractivity (Wildman–Crippen MR) is 46.2 cm³/mol. The van der Waals surface area contributed by atoms with Gasteiger partial charge >= 0.3 is 6.03 Å². The van der Waals surface area contributed by atoms with Gasteiger partial charge in [-0.2, -0.15) is 3.96 Å². The molecule has 1 heterocycles. The van der Waals surface area contributed by atoms with Gasteiger partial charge in [0.2, 0.25) is 0 Å². The smallest absolute Gasteiger partial charge is 0.326 e. The van der Waals surface area contributed by atoms with Crippen molar-refractivity contribution < 1.29 is 4.79 Å². The largest absolute Gasteiger partial charge is 0.338 e. The summed E-state index contributed by atoms with van der Waals surface area (Å²) in [6, 6.07) is 0.841. The van der Waals surface area contributed by atoms with E-state index >= 15 is 0 Å². The van der Waals surface area contributed by atoms with Crippen LogP contribution in [0.25, 0.3) is 0 Å². The zero-order valence-electron chi connectivity index (χ0n) is 6.11. The number of hydrogen-bond donors (Lipinski definition) is 1. The first-order chi connectivity index (χ1) is 5.75. The van der Waals surface area contributed by atoms with Crippen LogP contribution in [0.1, 0.15) is 0 Å². The van der Waals surface area contributed by atoms with Crippen LogP contribution in [0.3, 0.4) is 0 Å². The van der Waals surface area contributed by atoms with Crippen LogP contribution in [0, 0.1) is 12.3 Å². The fourth-order valence-electron chi connectivity index (χ4n) is 0.616. The fourth-order valence-corrected chi connectivity index (χ4v) is 1.24. The Balaban J connectivity index is 2.74. The summed E-state index contributed by atoms with van der Waals surface area (Å²) < 4.78 is 0.997. The summed E-state index contributed by atoms with van der Waals surface area (Å²) in [4.78, 5) is 21.9. The standard InChI is InChI=1S/C7H6N2O2S/c1-2-4-8-7(11)9-6(10)3-5-12-9/h1,3,5H,4H2,(H,8,11). The molecule has 0 aliphatic rings. The minimum atomic E-state index is -0.479. The second kappa shape index (κ2) is 3.74. The molecule has 0 aliphatic heterocycles. The van der Waals surface area contributed by atoms with Crippen molar-refractivity contribution in [1.29, 1.82) is 0 Å². The molecule has 0 aromatic carbocycles. The van der Waals surface area contributed by atoms with Gasteiger partial charge in [-0.15, -0.1) is 6.42 Å². The summed E-state index contributed by atoms with van der Waals surface area (Å²) >= 11 is 1.03. The van der Waals surface area contributed by atoms with E-state index in [1.807, 2.05) is 0 Å². The number of carbonyl (C=O) groups is 1. The van der Waals surface area contributed by atoms with Crippen LogP contribution in [0.5, 0.6) is 0 Å². The Labute approximate surface area is 73.0 Å². The third-order valence-corrected chi connectivity index (χ3v) is 1.92. The van der Waals surface area contributed by atoms with Crippen LogP contribution < -0.4 is 10.9 Å². The van der Waals surface area contributed by atoms with Crippen molar-refractivity contribution in [3.8, 4) is 12.3 Å². The number of nitrogens with one attached hydrogen (secondary N) is 1. The molecule has 0 bridgehead atoms. The Morgan fingerprint density at radius 3 is 3.08 bits per heavy atom. The highest BCUT2D eigenvalue weighted by atomic mass is 32.1. The molecule has 1 rings (SSSR count). The highest BCUT2D eigenvalue weighted by Crippen LogP contribution is 1.90. The predicted octanol–water partition coefficient (Wildman–Crippen LogP) is 0.101. The molecule has 1 aromatic heterocycles. The number of hydrogen-bond acceptors (Lipinski definition) is 3. The van der Waals surface area contributed by atoms with E-state index in [1.54, 1.807) is 0 Å². The van der Waals surface area contributed by atoms with Crippen LogP contribution in [-0.4, -0.2) is 16.5 Å². The first kappa shape index (κ1) is 8.56. The molecule has 62 valence electrons. The molecule has 0 saturated carbocycles. The minimum absolute atomic E-state index is 0.128. The van der Waals surface area contributed by atoms with Crippen LogP contribution in [0.15, 0.2) is 16.2 Å². The zero-order chi connectivity index (χ0) is 8.97. The second-order valence-electron chi connectivity index (χ2n) is 1.90. The Kier molecular flexibility index (Phi) is 2.66. The molecule has 1 N–H and O–H groups in total. The maximum absolute atomic E-state index is 11.1. The van der Waals surface area contributed by atoms with Crippen LogP contribution in [0.4, 0.5) is 4.79 Å². The number of aromatic nitrogens is 1. The molecule has 5 heteroatoms. The number of rotatable bonds is 1. The summed E-state index contributed by atoms with van der Waals surface area (Å²) in [5.74, 6) is 2.24. The van der Waals surface area contributed by atoms with Gasteiger partial charge in [0.1, 0.15) is 0 Å². The average Bonchev–Trinajstić information content (AvgIpc) is 2.47. The third kappa shape index (κ3) is 1.74. The van der Waals surface area contributed by atoms with Crippen LogP contribution in [-0.2, 0) is 0 Å². The van der Waals surface area contributed by atoms with Gasteiger partial charge in [-0.1, -0.05) is 17.5 Å². The molecule has 0 aliphatic carbocycles. The van der Waals surface area contributed by atoms with Gasteiger partial charge in [-0.05, 0) is 0 Å². The lowest BCUT2D eigenvalue weighted by Crippen LogP contribution is -2.32. The van der Waals surface area contributed by atoms with E-state index in [1.165, 1.54) is 11.4 Å². The summed E-state index contributed by atoms with van der Waals surface area (Å²) in [6.45, 7) is 0.128. The van der Waals surface area contributed by atoms with Gasteiger partial charge in [0.15, 0.2) is 0 Å². The van der Waals surface area contributed by atoms with Gasteiger partial charge < -0.3 is 5.32 Å². The van der Waals surface area contributed by atoms with Crippen molar-refractivity contribution in [2.24, 2.45) is 0 Å². The fraction of sp³-hybridized carbons (Fsp3) is 0.143. The van der Waals surface area contributed by atoms with E-state index in [0.29, 0.717) is 0 Å². The highest BCUT2D eigenvalue weighted by Gasteiger charge is 2.04. The molecule has 4 nitrogen and oxygen atoms in total. The van der Waals surface area contributed by atoms with E-state index in [4.69, 9.17) is 6.42 Å². The summed E-state index contributed by atoms with van der Waals surface area (Å²) in [7, 11) is 0. The molecule has 1 amide bonds. The van der Waals surface area contributed by atoms with E-state index < -0.39 is 6.03 Å². The second-order valence-corrected chi connectivity index (χ2v) is 2.75. The first-order valence-electron chi connectivity index (χ1n) is 3.14. The zero-order valence-corrected chi connectivity index (χ0v) is 6.93. The van der Waals surface area contributed by atoms with E-state index in [-0.39, 0.29) is 12.1 Å². The van der Waals surface area contributed by atoms with Gasteiger partial charge in [-0.25, -0.2) is 4.79 Å². The lowest BCUT2D eigenvalue weighted by molar-refractivity contribution is 0.245. The van der Waals surface area contributed by atoms with Gasteiger partial charge in [-0.3, -0.25) is 4.79 Å². The van der Waals surface area contributed by atoms with E-state index in [9.17, 15) is 9.59 Å². The SMILES string of the molecule is C#CCNC(=O)n1sccc1=O. The molecule has 0 unspecified atom stereocenters. The molecule has 0 radical (unpaired) electrons. The van der Waals surface area contributed by atoms with Crippen molar-refractivity contribution in [3.05, 3.63) is 21.8 Å². The van der Waals surface area contributed by atoms with Gasteiger partial charge in [0.25, 0.3) is 5.56 Å². The van der Waals surface area contributed by atoms with Crippen molar-refractivity contribution in [3.63, 3.8) is 0 Å². The third-order valence-electron chi connectivity index (χ3n) is 1.10. The normalized spacial score (nSPS) is 8.92. The average molecular weight is 182 g/mol. The molecule has 0 atom stereocenters. The maximum atomic E-state index is 11.1. The number of carbonyl (C=O) groups excluding carboxylic acids is 1. The highest BCUT2D eigenvalue weighted by molar-refractivity contribution is 7.05. The Morgan fingerprint density at radius 1 is 1.83 bits per heavy atom. The van der Waals surface area contributed by atoms with E-state index in [2.05, 4.69) is 11.2 Å². The lowest BCUT2D eigenvalue weighted by Gasteiger charge is -1.97. The Hall–Kier alpha value is -1.54. The topological polar surface area (TPSA) is 51.1 Å². The monoisotopic (exact) mass is 182 g/mol. The lowest BCUT2D eigenvalue weighted by atomic mass is 10.6. The van der Waals surface area contributed by atoms with Crippen LogP contribution in [0.2, 0.25) is 0 Å². The number of nitrogens with zero attached hydrogens (tertiary/aromatic N) is 1. The van der Waals surface area contributed by atoms with Crippen molar-refractivity contribution in [2.75, 3.05) is 6.54 Å². The number of amides is 1. The molecule has 0 spiro atoms. The van der Waals surface area contributed by atoms with Crippen molar-refractivity contribution in [1.82, 2.24) is 9.27 Å².